The van der Waals surface area contributed by atoms with Gasteiger partial charge in [-0.3, -0.25) is 0 Å². The van der Waals surface area contributed by atoms with Crippen LogP contribution in [0.3, 0.4) is 0 Å². The van der Waals surface area contributed by atoms with Crippen molar-refractivity contribution in [2.75, 3.05) is 17.3 Å². The monoisotopic (exact) mass is 196 g/mol. The third kappa shape index (κ3) is 1.81. The van der Waals surface area contributed by atoms with Gasteiger partial charge in [-0.2, -0.15) is 0 Å². The van der Waals surface area contributed by atoms with Gasteiger partial charge >= 0.3 is 0 Å². The summed E-state index contributed by atoms with van der Waals surface area (Å²) in [5.41, 5.74) is 0. The molecule has 1 aliphatic heterocycles. The van der Waals surface area contributed by atoms with Crippen molar-refractivity contribution in [2.45, 2.75) is 0 Å². The van der Waals surface area contributed by atoms with Gasteiger partial charge < -0.3 is 0 Å². The molecule has 0 radical (unpaired) electrons. The fourth-order valence-corrected chi connectivity index (χ4v) is 4.86. The summed E-state index contributed by atoms with van der Waals surface area (Å²) in [5, 5.41) is 0. The van der Waals surface area contributed by atoms with E-state index in [-0.39, 0.29) is 16.4 Å². The Kier molecular flexibility index (Phi) is 1.84. The van der Waals surface area contributed by atoms with Crippen LogP contribution in [0.2, 0.25) is 0 Å². The van der Waals surface area contributed by atoms with Crippen LogP contribution in [-0.4, -0.2) is 34.1 Å². The predicted octanol–water partition coefficient (Wildman–Crippen LogP) is -0.657. The fourth-order valence-electron chi connectivity index (χ4n) is 0.788. The predicted molar refractivity (Wildman–Crippen MR) is 41.6 cm³/mol. The lowest BCUT2D eigenvalue weighted by atomic mass is 10.7. The van der Waals surface area contributed by atoms with Crippen LogP contribution in [0.4, 0.5) is 0 Å². The molecule has 6 heteroatoms. The van der Waals surface area contributed by atoms with Gasteiger partial charge in [-0.05, 0) is 0 Å². The van der Waals surface area contributed by atoms with Gasteiger partial charge in [0.05, 0.1) is 22.2 Å². The number of sulfone groups is 2. The molecule has 0 N–H and O–H groups in total. The van der Waals surface area contributed by atoms with Crippen LogP contribution < -0.4 is 0 Å². The maximum absolute atomic E-state index is 10.9. The number of hydrogen-bond acceptors (Lipinski definition) is 4. The maximum atomic E-state index is 10.9. The molecule has 4 nitrogen and oxygen atoms in total. The largest absolute Gasteiger partial charge is 0.228 e. The van der Waals surface area contributed by atoms with Crippen molar-refractivity contribution >= 4 is 19.7 Å². The molecule has 0 aliphatic carbocycles. The van der Waals surface area contributed by atoms with Gasteiger partial charge in [-0.1, -0.05) is 6.58 Å². The van der Waals surface area contributed by atoms with Crippen LogP contribution in [-0.2, 0) is 19.7 Å². The average Bonchev–Trinajstić information content (AvgIpc) is 1.81. The van der Waals surface area contributed by atoms with E-state index in [4.69, 9.17) is 0 Å². The lowest BCUT2D eigenvalue weighted by Gasteiger charge is -2.13. The number of rotatable bonds is 0. The number of hydrogen-bond donors (Lipinski definition) is 0. The van der Waals surface area contributed by atoms with E-state index in [9.17, 15) is 16.8 Å². The summed E-state index contributed by atoms with van der Waals surface area (Å²) in [5.74, 6) is -0.988. The standard InChI is InChI=1S/C5H8O4S2/c1-5-4-10(6,7)2-3-11(5,8)9/h1-4H2. The van der Waals surface area contributed by atoms with Crippen molar-refractivity contribution in [1.82, 2.24) is 0 Å². The molecule has 0 aromatic rings. The maximum Gasteiger partial charge on any atom is 0.176 e. The Morgan fingerprint density at radius 3 is 2.00 bits per heavy atom. The highest BCUT2D eigenvalue weighted by Crippen LogP contribution is 2.15. The van der Waals surface area contributed by atoms with Crippen LogP contribution in [0, 0.1) is 0 Å². The first-order chi connectivity index (χ1) is 4.83. The highest BCUT2D eigenvalue weighted by Gasteiger charge is 2.29. The molecule has 1 aliphatic rings. The molecule has 0 amide bonds. The van der Waals surface area contributed by atoms with E-state index in [1.807, 2.05) is 0 Å². The Morgan fingerprint density at radius 1 is 1.09 bits per heavy atom. The molecule has 0 aromatic carbocycles. The minimum absolute atomic E-state index is 0.177. The fraction of sp³-hybridized carbons (Fsp3) is 0.600. The van der Waals surface area contributed by atoms with Crippen molar-refractivity contribution in [3.8, 4) is 0 Å². The molecule has 64 valence electrons. The summed E-state index contributed by atoms with van der Waals surface area (Å²) in [6, 6.07) is 0. The highest BCUT2D eigenvalue weighted by molar-refractivity contribution is 8.01. The summed E-state index contributed by atoms with van der Waals surface area (Å²) in [4.78, 5) is -0.177. The molecule has 1 saturated heterocycles. The van der Waals surface area contributed by atoms with E-state index in [1.165, 1.54) is 0 Å². The van der Waals surface area contributed by atoms with Gasteiger partial charge in [0.1, 0.15) is 0 Å². The van der Waals surface area contributed by atoms with Gasteiger partial charge in [0.25, 0.3) is 0 Å². The molecule has 0 aromatic heterocycles. The Balaban J connectivity index is 3.06. The minimum Gasteiger partial charge on any atom is -0.228 e. The minimum atomic E-state index is -3.31. The molecular weight excluding hydrogens is 188 g/mol. The summed E-state index contributed by atoms with van der Waals surface area (Å²) < 4.78 is 43.5. The van der Waals surface area contributed by atoms with Crippen LogP contribution in [0.5, 0.6) is 0 Å². The van der Waals surface area contributed by atoms with Crippen molar-refractivity contribution in [3.63, 3.8) is 0 Å². The molecule has 0 bridgehead atoms. The van der Waals surface area contributed by atoms with Crippen LogP contribution in [0.15, 0.2) is 11.5 Å². The van der Waals surface area contributed by atoms with Crippen molar-refractivity contribution in [3.05, 3.63) is 11.5 Å². The van der Waals surface area contributed by atoms with E-state index < -0.39 is 25.4 Å². The molecule has 11 heavy (non-hydrogen) atoms. The van der Waals surface area contributed by atoms with Crippen LogP contribution in [0.1, 0.15) is 0 Å². The quantitative estimate of drug-likeness (QED) is 0.516. The zero-order valence-corrected chi connectivity index (χ0v) is 7.41. The summed E-state index contributed by atoms with van der Waals surface area (Å²) in [6.07, 6.45) is 0. The van der Waals surface area contributed by atoms with E-state index in [0.29, 0.717) is 0 Å². The Bertz CT molecular complexity index is 373. The van der Waals surface area contributed by atoms with E-state index in [0.717, 1.165) is 0 Å². The SMILES string of the molecule is C=C1CS(=O)(=O)CCS1(=O)=O. The Labute approximate surface area is 65.8 Å². The highest BCUT2D eigenvalue weighted by atomic mass is 32.2. The second kappa shape index (κ2) is 2.31. The first-order valence-corrected chi connectivity index (χ1v) is 6.42. The second-order valence-corrected chi connectivity index (χ2v) is 6.85. The van der Waals surface area contributed by atoms with E-state index in [1.54, 1.807) is 0 Å². The second-order valence-electron chi connectivity index (χ2n) is 2.45. The van der Waals surface area contributed by atoms with Crippen LogP contribution in [0.25, 0.3) is 0 Å². The van der Waals surface area contributed by atoms with Gasteiger partial charge in [-0.15, -0.1) is 0 Å². The van der Waals surface area contributed by atoms with Crippen molar-refractivity contribution in [2.24, 2.45) is 0 Å². The zero-order valence-electron chi connectivity index (χ0n) is 5.78. The first-order valence-electron chi connectivity index (χ1n) is 2.94. The van der Waals surface area contributed by atoms with Crippen molar-refractivity contribution < 1.29 is 16.8 Å². The van der Waals surface area contributed by atoms with Crippen LogP contribution >= 0.6 is 0 Å². The molecule has 0 saturated carbocycles. The summed E-state index contributed by atoms with van der Waals surface area (Å²) >= 11 is 0. The normalized spacial score (nSPS) is 28.2. The first kappa shape index (κ1) is 8.73. The topological polar surface area (TPSA) is 68.3 Å². The third-order valence-corrected chi connectivity index (χ3v) is 5.30. The zero-order chi connectivity index (χ0) is 8.70. The van der Waals surface area contributed by atoms with E-state index in [2.05, 4.69) is 6.58 Å². The molecule has 0 atom stereocenters. The molecule has 1 fully saturated rings. The molecule has 0 spiro atoms. The van der Waals surface area contributed by atoms with Crippen molar-refractivity contribution in [1.29, 1.82) is 0 Å². The average molecular weight is 196 g/mol. The molecular formula is C5H8O4S2. The molecule has 1 rings (SSSR count). The molecule has 0 unspecified atom stereocenters. The van der Waals surface area contributed by atoms with Gasteiger partial charge in [-0.25, -0.2) is 16.8 Å². The van der Waals surface area contributed by atoms with Gasteiger partial charge in [0, 0.05) is 0 Å². The lowest BCUT2D eigenvalue weighted by molar-refractivity contribution is 0.586. The Hall–Kier alpha value is -0.360. The van der Waals surface area contributed by atoms with Gasteiger partial charge in [0.15, 0.2) is 19.7 Å². The lowest BCUT2D eigenvalue weighted by Crippen LogP contribution is -2.29. The van der Waals surface area contributed by atoms with Gasteiger partial charge in [0.2, 0.25) is 0 Å². The molecule has 1 heterocycles. The van der Waals surface area contributed by atoms with E-state index >= 15 is 0 Å². The Morgan fingerprint density at radius 2 is 1.64 bits per heavy atom. The smallest absolute Gasteiger partial charge is 0.176 e. The third-order valence-electron chi connectivity index (χ3n) is 1.48. The summed E-state index contributed by atoms with van der Waals surface area (Å²) in [7, 11) is -6.49. The summed E-state index contributed by atoms with van der Waals surface area (Å²) in [6.45, 7) is 3.20.